The zero-order valence-corrected chi connectivity index (χ0v) is 38.6. The van der Waals surface area contributed by atoms with Crippen molar-refractivity contribution >= 4 is 22.8 Å². The van der Waals surface area contributed by atoms with Crippen LogP contribution in [-0.2, 0) is 26.5 Å². The summed E-state index contributed by atoms with van der Waals surface area (Å²) in [5.41, 5.74) is 9.68. The molecule has 1 heterocycles. The van der Waals surface area contributed by atoms with Gasteiger partial charge in [-0.25, -0.2) is 0 Å². The van der Waals surface area contributed by atoms with E-state index in [4.69, 9.17) is 25.1 Å². The number of hydrogen-bond donors (Lipinski definition) is 0. The molecule has 0 atom stereocenters. The average Bonchev–Trinajstić information content (AvgIpc) is 3.06. The molecule has 279 valence electrons. The van der Waals surface area contributed by atoms with E-state index in [-0.39, 0.29) is 68.5 Å². The first-order valence-corrected chi connectivity index (χ1v) is 17.7. The van der Waals surface area contributed by atoms with Crippen molar-refractivity contribution in [3.63, 3.8) is 0 Å². The number of para-hydroxylation sites is 2. The summed E-state index contributed by atoms with van der Waals surface area (Å²) in [4.78, 5) is 4.88. The van der Waals surface area contributed by atoms with Crippen molar-refractivity contribution in [3.8, 4) is 0 Å². The molecule has 8 heteroatoms. The van der Waals surface area contributed by atoms with E-state index in [1.54, 1.807) is 14.1 Å². The van der Waals surface area contributed by atoms with E-state index in [1.165, 1.54) is 22.3 Å². The first-order chi connectivity index (χ1) is 23.2. The number of ether oxygens (including phenoxy) is 2. The third kappa shape index (κ3) is 20.1. The summed E-state index contributed by atoms with van der Waals surface area (Å²) in [6.45, 7) is 38.6. The van der Waals surface area contributed by atoms with E-state index in [0.717, 1.165) is 42.6 Å². The van der Waals surface area contributed by atoms with Crippen molar-refractivity contribution in [3.05, 3.63) is 124 Å². The van der Waals surface area contributed by atoms with Crippen LogP contribution in [0, 0.1) is 6.92 Å². The minimum atomic E-state index is 0. The van der Waals surface area contributed by atoms with Crippen molar-refractivity contribution < 1.29 is 77.9 Å². The molecule has 0 aliphatic heterocycles. The second kappa shape index (κ2) is 31.1. The van der Waals surface area contributed by atoms with Crippen molar-refractivity contribution in [2.24, 2.45) is 0 Å². The van der Waals surface area contributed by atoms with Gasteiger partial charge in [-0.3, -0.25) is 4.98 Å². The molecular weight excluding hydrogens is 699 g/mol. The van der Waals surface area contributed by atoms with Gasteiger partial charge in [0.1, 0.15) is 0 Å². The van der Waals surface area contributed by atoms with Gasteiger partial charge >= 0.3 is 68.5 Å². The molecule has 0 saturated carbocycles. The Hall–Kier alpha value is -1.29. The number of hydrogen-bond acceptors (Lipinski definition) is 3. The van der Waals surface area contributed by atoms with Gasteiger partial charge in [0.05, 0.1) is 0 Å². The zero-order chi connectivity index (χ0) is 37.5. The van der Waals surface area contributed by atoms with Crippen LogP contribution in [0.5, 0.6) is 0 Å². The number of pyridine rings is 1. The first kappa shape index (κ1) is 54.1. The predicted octanol–water partition coefficient (Wildman–Crippen LogP) is 10.4. The minimum Gasteiger partial charge on any atom is -0.668 e. The quantitative estimate of drug-likeness (QED) is 0.121. The first-order valence-electron chi connectivity index (χ1n) is 17.7. The van der Waals surface area contributed by atoms with Gasteiger partial charge in [0.15, 0.2) is 0 Å². The largest absolute Gasteiger partial charge is 3.00 e. The van der Waals surface area contributed by atoms with Crippen LogP contribution in [0.2, 0.25) is 0 Å². The van der Waals surface area contributed by atoms with Crippen LogP contribution < -0.4 is 51.4 Å². The number of benzene rings is 2. The second-order valence-electron chi connectivity index (χ2n) is 12.6. The van der Waals surface area contributed by atoms with Gasteiger partial charge in [-0.05, 0) is 56.6 Å². The molecule has 51 heavy (non-hydrogen) atoms. The van der Waals surface area contributed by atoms with Crippen LogP contribution in [0.4, 0.5) is 11.4 Å². The van der Waals surface area contributed by atoms with Crippen LogP contribution in [-0.4, -0.2) is 45.5 Å². The average molecular weight is 766 g/mol. The van der Waals surface area contributed by atoms with Crippen molar-refractivity contribution in [2.45, 2.75) is 99.8 Å². The molecule has 0 amide bonds. The van der Waals surface area contributed by atoms with Crippen molar-refractivity contribution in [2.75, 3.05) is 40.5 Å². The van der Waals surface area contributed by atoms with Crippen LogP contribution in [0.1, 0.15) is 133 Å². The van der Waals surface area contributed by atoms with Gasteiger partial charge < -0.3 is 32.3 Å². The Bertz CT molecular complexity index is 1220. The maximum Gasteiger partial charge on any atom is 3.00 e. The molecule has 0 aliphatic carbocycles. The summed E-state index contributed by atoms with van der Waals surface area (Å²) in [6, 6.07) is 18.8. The van der Waals surface area contributed by atoms with E-state index in [2.05, 4.69) is 117 Å². The molecule has 0 N–H and O–H groups in total. The summed E-state index contributed by atoms with van der Waals surface area (Å²) in [6.07, 6.45) is 0. The van der Waals surface area contributed by atoms with E-state index >= 15 is 0 Å². The maximum absolute atomic E-state index is 5.01. The molecule has 0 bridgehead atoms. The second-order valence-corrected chi connectivity index (χ2v) is 12.6. The SMILES string of the molecule is C=C([N-]c1c(C(C)C)cccc1C(C)C)c1cccc(C(=C)[N-]c2c(C(C)C)cccc2C(C)C)n1.CCOCC.C[N-]C.[CH2-]COCC.[Fe+3].[K+]. The molecule has 1 aromatic heterocycles. The van der Waals surface area contributed by atoms with Crippen LogP contribution in [0.25, 0.3) is 27.3 Å². The fraction of sp³-hybridized carbons (Fsp3) is 0.488. The predicted molar refractivity (Wildman–Crippen MR) is 217 cm³/mol. The van der Waals surface area contributed by atoms with E-state index in [9.17, 15) is 0 Å². The standard InChI is InChI=1S/C33H41N3.C4H10O.C4H9O.C2H6N.Fe.K/c1-20(2)26-14-11-15-27(21(3)4)32(26)34-24(9)30-18-13-19-31(36-30)25(10)35-33-28(22(5)6)16-12-17-29(33)23(7)8;2*1-3-5-4-2;1-3-2;;/h11-23H,9-10H2,1-8H3;3-4H2,1-2H3;1,3-4H2,2H3;1-2H3;;/q-2;;2*-1;+3;+1. The molecule has 0 fully saturated rings. The normalized spacial score (nSPS) is 10.1. The molecule has 3 aromatic rings. The zero-order valence-electron chi connectivity index (χ0n) is 34.4. The Morgan fingerprint density at radius 1 is 0.608 bits per heavy atom. The van der Waals surface area contributed by atoms with Gasteiger partial charge in [0.2, 0.25) is 0 Å². The van der Waals surface area contributed by atoms with Gasteiger partial charge in [-0.2, -0.15) is 14.1 Å². The molecule has 0 aliphatic rings. The Morgan fingerprint density at radius 3 is 1.08 bits per heavy atom. The van der Waals surface area contributed by atoms with Crippen LogP contribution >= 0.6 is 0 Å². The fourth-order valence-electron chi connectivity index (χ4n) is 4.77. The third-order valence-corrected chi connectivity index (χ3v) is 7.28. The Morgan fingerprint density at radius 2 is 0.882 bits per heavy atom. The molecule has 2 aromatic carbocycles. The Balaban J connectivity index is -0.00000132. The monoisotopic (exact) mass is 765 g/mol. The summed E-state index contributed by atoms with van der Waals surface area (Å²) in [5, 5.41) is 13.5. The van der Waals surface area contributed by atoms with Gasteiger partial charge in [-0.15, -0.1) is 35.9 Å². The smallest absolute Gasteiger partial charge is 0.668 e. The molecule has 3 rings (SSSR count). The van der Waals surface area contributed by atoms with E-state index in [0.29, 0.717) is 41.7 Å². The fourth-order valence-corrected chi connectivity index (χ4v) is 4.77. The molecular formula is C43H66FeKN4O2. The Kier molecular flexibility index (Phi) is 33.0. The summed E-state index contributed by atoms with van der Waals surface area (Å²) in [7, 11) is 3.50. The maximum atomic E-state index is 5.01. The summed E-state index contributed by atoms with van der Waals surface area (Å²) in [5.74, 6) is 1.46. The number of aromatic nitrogens is 1. The van der Waals surface area contributed by atoms with Crippen molar-refractivity contribution in [1.82, 2.24) is 4.98 Å². The molecule has 1 radical (unpaired) electrons. The summed E-state index contributed by atoms with van der Waals surface area (Å²) < 4.78 is 9.56. The van der Waals surface area contributed by atoms with Crippen LogP contribution in [0.15, 0.2) is 67.8 Å². The Labute approximate surface area is 366 Å². The summed E-state index contributed by atoms with van der Waals surface area (Å²) >= 11 is 0. The van der Waals surface area contributed by atoms with Crippen LogP contribution in [0.3, 0.4) is 0 Å². The molecule has 0 saturated heterocycles. The number of nitrogens with zero attached hydrogens (tertiary/aromatic N) is 4. The number of rotatable bonds is 14. The molecule has 0 unspecified atom stereocenters. The molecule has 6 nitrogen and oxygen atoms in total. The van der Waals surface area contributed by atoms with E-state index in [1.807, 2.05) is 39.0 Å². The van der Waals surface area contributed by atoms with Crippen molar-refractivity contribution in [1.29, 1.82) is 0 Å². The van der Waals surface area contributed by atoms with E-state index < -0.39 is 0 Å². The van der Waals surface area contributed by atoms with Gasteiger partial charge in [-0.1, -0.05) is 127 Å². The molecule has 0 spiro atoms. The minimum absolute atomic E-state index is 0. The third-order valence-electron chi connectivity index (χ3n) is 7.28. The topological polar surface area (TPSA) is 73.7 Å². The van der Waals surface area contributed by atoms with Gasteiger partial charge in [0.25, 0.3) is 0 Å². The van der Waals surface area contributed by atoms with Gasteiger partial charge in [0, 0.05) is 31.2 Å².